The molecule has 0 aromatic heterocycles. The summed E-state index contributed by atoms with van der Waals surface area (Å²) in [5.41, 5.74) is 0.754. The number of aliphatic hydroxyl groups is 1. The minimum Gasteiger partial charge on any atom is -0.478 e. The first-order valence-corrected chi connectivity index (χ1v) is 7.24. The van der Waals surface area contributed by atoms with Crippen LogP contribution in [0.2, 0.25) is 0 Å². The van der Waals surface area contributed by atoms with Crippen LogP contribution in [0.5, 0.6) is 0 Å². The minimum atomic E-state index is -0.907. The summed E-state index contributed by atoms with van der Waals surface area (Å²) in [4.78, 5) is 10.8. The molecule has 1 aliphatic carbocycles. The van der Waals surface area contributed by atoms with Gasteiger partial charge in [0.2, 0.25) is 0 Å². The predicted octanol–water partition coefficient (Wildman–Crippen LogP) is 2.42. The first kappa shape index (κ1) is 15.0. The highest BCUT2D eigenvalue weighted by Gasteiger charge is 2.31. The maximum Gasteiger partial charge on any atom is 0.335 e. The molecule has 3 N–H and O–H groups in total. The summed E-state index contributed by atoms with van der Waals surface area (Å²) < 4.78 is 0. The molecule has 4 nitrogen and oxygen atoms in total. The number of carboxylic acids is 1. The summed E-state index contributed by atoms with van der Waals surface area (Å²) >= 11 is 0. The van der Waals surface area contributed by atoms with E-state index in [1.54, 1.807) is 12.1 Å². The summed E-state index contributed by atoms with van der Waals surface area (Å²) in [5.74, 6) is -0.186. The molecule has 1 aromatic rings. The fraction of sp³-hybridized carbons (Fsp3) is 0.562. The molecule has 1 fully saturated rings. The Morgan fingerprint density at radius 3 is 2.45 bits per heavy atom. The normalized spacial score (nSPS) is 26.4. The summed E-state index contributed by atoms with van der Waals surface area (Å²) in [6.07, 6.45) is 3.90. The maximum atomic E-state index is 10.8. The lowest BCUT2D eigenvalue weighted by Gasteiger charge is -2.35. The van der Waals surface area contributed by atoms with Gasteiger partial charge >= 0.3 is 5.97 Å². The lowest BCUT2D eigenvalue weighted by molar-refractivity contribution is -0.00630. The predicted molar refractivity (Wildman–Crippen MR) is 77.7 cm³/mol. The number of carbonyl (C=O) groups is 1. The van der Waals surface area contributed by atoms with Crippen LogP contribution in [0.3, 0.4) is 0 Å². The zero-order valence-corrected chi connectivity index (χ0v) is 11.9. The molecule has 0 atom stereocenters. The standard InChI is InChI=1S/C16H23NO3/c1-12-6-8-16(20,9-7-12)11-17-10-13-2-4-14(5-3-13)15(18)19/h2-5,12,17,20H,6-11H2,1H3,(H,18,19). The van der Waals surface area contributed by atoms with Crippen LogP contribution in [0.1, 0.15) is 48.5 Å². The summed E-state index contributed by atoms with van der Waals surface area (Å²) in [5, 5.41) is 22.6. The molecule has 0 bridgehead atoms. The average molecular weight is 277 g/mol. The number of hydrogen-bond acceptors (Lipinski definition) is 3. The second kappa shape index (κ2) is 6.37. The Kier molecular flexibility index (Phi) is 4.78. The van der Waals surface area contributed by atoms with E-state index >= 15 is 0 Å². The highest BCUT2D eigenvalue weighted by atomic mass is 16.4. The first-order valence-electron chi connectivity index (χ1n) is 7.24. The van der Waals surface area contributed by atoms with Crippen LogP contribution in [-0.4, -0.2) is 28.3 Å². The molecule has 0 saturated heterocycles. The molecule has 0 amide bonds. The van der Waals surface area contributed by atoms with E-state index in [1.165, 1.54) is 0 Å². The van der Waals surface area contributed by atoms with Crippen molar-refractivity contribution in [2.24, 2.45) is 5.92 Å². The number of nitrogens with one attached hydrogen (secondary N) is 1. The van der Waals surface area contributed by atoms with Gasteiger partial charge in [-0.1, -0.05) is 19.1 Å². The van der Waals surface area contributed by atoms with Crippen molar-refractivity contribution < 1.29 is 15.0 Å². The molecule has 1 aliphatic rings. The minimum absolute atomic E-state index is 0.300. The fourth-order valence-electron chi connectivity index (χ4n) is 2.68. The van der Waals surface area contributed by atoms with Crippen LogP contribution in [0, 0.1) is 5.92 Å². The third kappa shape index (κ3) is 4.05. The zero-order valence-electron chi connectivity index (χ0n) is 11.9. The van der Waals surface area contributed by atoms with Crippen molar-refractivity contribution in [3.8, 4) is 0 Å². The molecular weight excluding hydrogens is 254 g/mol. The monoisotopic (exact) mass is 277 g/mol. The van der Waals surface area contributed by atoms with Crippen LogP contribution >= 0.6 is 0 Å². The third-order valence-electron chi connectivity index (χ3n) is 4.19. The third-order valence-corrected chi connectivity index (χ3v) is 4.19. The first-order chi connectivity index (χ1) is 9.48. The molecule has 0 heterocycles. The topological polar surface area (TPSA) is 69.6 Å². The molecule has 2 rings (SSSR count). The Morgan fingerprint density at radius 2 is 1.90 bits per heavy atom. The van der Waals surface area contributed by atoms with Crippen LogP contribution in [0.25, 0.3) is 0 Å². The Balaban J connectivity index is 1.79. The van der Waals surface area contributed by atoms with E-state index in [2.05, 4.69) is 12.2 Å². The lowest BCUT2D eigenvalue weighted by atomic mass is 9.79. The summed E-state index contributed by atoms with van der Waals surface area (Å²) in [6.45, 7) is 3.48. The quantitative estimate of drug-likeness (QED) is 0.773. The van der Waals surface area contributed by atoms with E-state index in [1.807, 2.05) is 12.1 Å². The van der Waals surface area contributed by atoms with Crippen molar-refractivity contribution in [1.29, 1.82) is 0 Å². The maximum absolute atomic E-state index is 10.8. The van der Waals surface area contributed by atoms with E-state index in [4.69, 9.17) is 5.11 Å². The van der Waals surface area contributed by atoms with Gasteiger partial charge in [-0.2, -0.15) is 0 Å². The Hall–Kier alpha value is -1.39. The smallest absolute Gasteiger partial charge is 0.335 e. The van der Waals surface area contributed by atoms with Crippen molar-refractivity contribution in [2.45, 2.75) is 44.8 Å². The Bertz CT molecular complexity index is 447. The van der Waals surface area contributed by atoms with Gasteiger partial charge in [0.05, 0.1) is 11.2 Å². The van der Waals surface area contributed by atoms with Crippen molar-refractivity contribution in [1.82, 2.24) is 5.32 Å². The SMILES string of the molecule is CC1CCC(O)(CNCc2ccc(C(=O)O)cc2)CC1. The van der Waals surface area contributed by atoms with Crippen LogP contribution < -0.4 is 5.32 Å². The number of rotatable bonds is 5. The molecule has 20 heavy (non-hydrogen) atoms. The van der Waals surface area contributed by atoms with Gasteiger partial charge in [-0.25, -0.2) is 4.79 Å². The highest BCUT2D eigenvalue weighted by Crippen LogP contribution is 2.31. The van der Waals surface area contributed by atoms with Crippen molar-refractivity contribution in [3.63, 3.8) is 0 Å². The van der Waals surface area contributed by atoms with Gasteiger partial charge in [-0.3, -0.25) is 0 Å². The molecule has 4 heteroatoms. The number of hydrogen-bond donors (Lipinski definition) is 3. The van der Waals surface area contributed by atoms with Crippen LogP contribution in [0.4, 0.5) is 0 Å². The van der Waals surface area contributed by atoms with E-state index < -0.39 is 11.6 Å². The average Bonchev–Trinajstić information content (AvgIpc) is 2.43. The zero-order chi connectivity index (χ0) is 14.6. The van der Waals surface area contributed by atoms with Crippen molar-refractivity contribution in [3.05, 3.63) is 35.4 Å². The largest absolute Gasteiger partial charge is 0.478 e. The molecule has 0 unspecified atom stereocenters. The number of benzene rings is 1. The molecule has 0 spiro atoms. The molecule has 110 valence electrons. The molecule has 1 aromatic carbocycles. The van der Waals surface area contributed by atoms with E-state index in [0.717, 1.165) is 37.2 Å². The Labute approximate surface area is 119 Å². The van der Waals surface area contributed by atoms with Gasteiger partial charge < -0.3 is 15.5 Å². The van der Waals surface area contributed by atoms with Crippen molar-refractivity contribution >= 4 is 5.97 Å². The molecule has 1 saturated carbocycles. The fourth-order valence-corrected chi connectivity index (χ4v) is 2.68. The lowest BCUT2D eigenvalue weighted by Crippen LogP contribution is -2.43. The van der Waals surface area contributed by atoms with Gasteiger partial charge in [0.1, 0.15) is 0 Å². The van der Waals surface area contributed by atoms with Gasteiger partial charge in [-0.15, -0.1) is 0 Å². The molecular formula is C16H23NO3. The van der Waals surface area contributed by atoms with Gasteiger partial charge in [0, 0.05) is 13.1 Å². The number of carboxylic acid groups (broad SMARTS) is 1. The second-order valence-corrected chi connectivity index (χ2v) is 6.01. The van der Waals surface area contributed by atoms with Gasteiger partial charge in [0.15, 0.2) is 0 Å². The van der Waals surface area contributed by atoms with Gasteiger partial charge in [-0.05, 0) is 49.3 Å². The molecule has 0 aliphatic heterocycles. The summed E-state index contributed by atoms with van der Waals surface area (Å²) in [7, 11) is 0. The van der Waals surface area contributed by atoms with E-state index in [-0.39, 0.29) is 0 Å². The number of aromatic carboxylic acids is 1. The van der Waals surface area contributed by atoms with E-state index in [0.29, 0.717) is 18.7 Å². The highest BCUT2D eigenvalue weighted by molar-refractivity contribution is 5.87. The van der Waals surface area contributed by atoms with Crippen LogP contribution in [0.15, 0.2) is 24.3 Å². The van der Waals surface area contributed by atoms with Crippen LogP contribution in [-0.2, 0) is 6.54 Å². The Morgan fingerprint density at radius 1 is 1.30 bits per heavy atom. The summed E-state index contributed by atoms with van der Waals surface area (Å²) in [6, 6.07) is 6.83. The van der Waals surface area contributed by atoms with Gasteiger partial charge in [0.25, 0.3) is 0 Å². The van der Waals surface area contributed by atoms with Crippen molar-refractivity contribution in [2.75, 3.05) is 6.54 Å². The van der Waals surface area contributed by atoms with E-state index in [9.17, 15) is 9.90 Å². The second-order valence-electron chi connectivity index (χ2n) is 6.01. The molecule has 0 radical (unpaired) electrons.